The molecule has 2 heterocycles. The summed E-state index contributed by atoms with van der Waals surface area (Å²) in [6.45, 7) is 2.16. The first kappa shape index (κ1) is 19.0. The number of benzene rings is 2. The highest BCUT2D eigenvalue weighted by Crippen LogP contribution is 2.30. The third kappa shape index (κ3) is 4.09. The van der Waals surface area contributed by atoms with E-state index in [1.807, 2.05) is 36.6 Å². The molecule has 0 aliphatic rings. The summed E-state index contributed by atoms with van der Waals surface area (Å²) in [5, 5.41) is 4.65. The second kappa shape index (κ2) is 7.97. The minimum atomic E-state index is -0.327. The lowest BCUT2D eigenvalue weighted by Crippen LogP contribution is -2.31. The normalized spacial score (nSPS) is 11.0. The van der Waals surface area contributed by atoms with E-state index in [1.165, 1.54) is 34.4 Å². The van der Waals surface area contributed by atoms with E-state index in [9.17, 15) is 14.0 Å². The van der Waals surface area contributed by atoms with Crippen LogP contribution in [-0.4, -0.2) is 15.5 Å². The number of amides is 1. The highest BCUT2D eigenvalue weighted by atomic mass is 32.1. The minimum Gasteiger partial charge on any atom is -0.350 e. The number of aromatic nitrogens is 2. The molecule has 0 atom stereocenters. The van der Waals surface area contributed by atoms with Gasteiger partial charge in [0, 0.05) is 17.5 Å². The molecule has 0 saturated carbocycles. The number of aryl methyl sites for hydroxylation is 1. The van der Waals surface area contributed by atoms with E-state index in [0.29, 0.717) is 10.2 Å². The van der Waals surface area contributed by atoms with E-state index >= 15 is 0 Å². The zero-order valence-corrected chi connectivity index (χ0v) is 16.5. The van der Waals surface area contributed by atoms with Crippen LogP contribution in [0.3, 0.4) is 0 Å². The Labute approximate surface area is 170 Å². The molecule has 0 bridgehead atoms. The fourth-order valence-corrected chi connectivity index (χ4v) is 3.98. The van der Waals surface area contributed by atoms with Gasteiger partial charge in [-0.3, -0.25) is 14.2 Å². The molecule has 146 valence electrons. The van der Waals surface area contributed by atoms with Crippen molar-refractivity contribution in [3.05, 3.63) is 87.5 Å². The third-order valence-electron chi connectivity index (χ3n) is 4.63. The Kier molecular flexibility index (Phi) is 5.22. The number of rotatable bonds is 5. The summed E-state index contributed by atoms with van der Waals surface area (Å²) in [5.74, 6) is -0.639. The van der Waals surface area contributed by atoms with Crippen LogP contribution in [0.25, 0.3) is 21.3 Å². The van der Waals surface area contributed by atoms with Gasteiger partial charge in [0.25, 0.3) is 5.56 Å². The summed E-state index contributed by atoms with van der Waals surface area (Å²) in [6.07, 6.45) is 1.41. The molecular formula is C22H18FN3O2S. The van der Waals surface area contributed by atoms with E-state index in [2.05, 4.69) is 10.3 Å². The van der Waals surface area contributed by atoms with Gasteiger partial charge in [-0.25, -0.2) is 9.37 Å². The predicted molar refractivity (Wildman–Crippen MR) is 112 cm³/mol. The van der Waals surface area contributed by atoms with Crippen molar-refractivity contribution in [2.45, 2.75) is 20.0 Å². The SMILES string of the molecule is Cc1ccc(-c2csc3c(=O)n(CC(=O)NCc4ccc(F)cc4)cnc23)cc1. The molecule has 0 radical (unpaired) electrons. The van der Waals surface area contributed by atoms with E-state index in [4.69, 9.17) is 0 Å². The number of halogens is 1. The molecule has 0 spiro atoms. The Morgan fingerprint density at radius 3 is 2.59 bits per heavy atom. The third-order valence-corrected chi connectivity index (χ3v) is 5.58. The highest BCUT2D eigenvalue weighted by molar-refractivity contribution is 7.17. The molecule has 4 rings (SSSR count). The summed E-state index contributed by atoms with van der Waals surface area (Å²) in [5.41, 5.74) is 4.26. The van der Waals surface area contributed by atoms with Crippen molar-refractivity contribution < 1.29 is 9.18 Å². The van der Waals surface area contributed by atoms with Crippen molar-refractivity contribution in [3.8, 4) is 11.1 Å². The fourth-order valence-electron chi connectivity index (χ4n) is 3.01. The fraction of sp³-hybridized carbons (Fsp3) is 0.136. The van der Waals surface area contributed by atoms with Crippen LogP contribution >= 0.6 is 11.3 Å². The largest absolute Gasteiger partial charge is 0.350 e. The van der Waals surface area contributed by atoms with Crippen LogP contribution in [0.4, 0.5) is 4.39 Å². The molecule has 0 unspecified atom stereocenters. The van der Waals surface area contributed by atoms with Crippen LogP contribution in [0.5, 0.6) is 0 Å². The maximum absolute atomic E-state index is 12.9. The molecule has 4 aromatic rings. The molecule has 2 aromatic carbocycles. The van der Waals surface area contributed by atoms with Crippen molar-refractivity contribution in [2.24, 2.45) is 0 Å². The summed E-state index contributed by atoms with van der Waals surface area (Å²) < 4.78 is 14.8. The van der Waals surface area contributed by atoms with Gasteiger partial charge < -0.3 is 5.32 Å². The van der Waals surface area contributed by atoms with Crippen LogP contribution < -0.4 is 10.9 Å². The van der Waals surface area contributed by atoms with Gasteiger partial charge in [-0.05, 0) is 30.2 Å². The first-order valence-electron chi connectivity index (χ1n) is 9.06. The van der Waals surface area contributed by atoms with Crippen LogP contribution in [0, 0.1) is 12.7 Å². The molecule has 29 heavy (non-hydrogen) atoms. The Balaban J connectivity index is 1.52. The summed E-state index contributed by atoms with van der Waals surface area (Å²) in [4.78, 5) is 29.4. The molecule has 2 aromatic heterocycles. The molecule has 0 aliphatic carbocycles. The Morgan fingerprint density at radius 1 is 1.14 bits per heavy atom. The van der Waals surface area contributed by atoms with Gasteiger partial charge in [0.15, 0.2) is 0 Å². The van der Waals surface area contributed by atoms with Crippen LogP contribution in [0.15, 0.2) is 65.0 Å². The van der Waals surface area contributed by atoms with Gasteiger partial charge in [0.05, 0.1) is 11.8 Å². The van der Waals surface area contributed by atoms with Gasteiger partial charge in [0.2, 0.25) is 5.91 Å². The number of carbonyl (C=O) groups excluding carboxylic acids is 1. The van der Waals surface area contributed by atoms with Gasteiger partial charge in [0.1, 0.15) is 17.1 Å². The lowest BCUT2D eigenvalue weighted by Gasteiger charge is -2.08. The number of carbonyl (C=O) groups is 1. The van der Waals surface area contributed by atoms with Gasteiger partial charge in [-0.2, -0.15) is 0 Å². The maximum Gasteiger partial charge on any atom is 0.271 e. The monoisotopic (exact) mass is 407 g/mol. The topological polar surface area (TPSA) is 64.0 Å². The number of nitrogens with one attached hydrogen (secondary N) is 1. The quantitative estimate of drug-likeness (QED) is 0.546. The van der Waals surface area contributed by atoms with E-state index < -0.39 is 0 Å². The number of hydrogen-bond acceptors (Lipinski definition) is 4. The highest BCUT2D eigenvalue weighted by Gasteiger charge is 2.14. The van der Waals surface area contributed by atoms with E-state index in [0.717, 1.165) is 22.3 Å². The summed E-state index contributed by atoms with van der Waals surface area (Å²) in [6, 6.07) is 13.9. The van der Waals surface area contributed by atoms with Gasteiger partial charge in [-0.15, -0.1) is 11.3 Å². The van der Waals surface area contributed by atoms with E-state index in [-0.39, 0.29) is 30.4 Å². The summed E-state index contributed by atoms with van der Waals surface area (Å²) in [7, 11) is 0. The molecule has 1 N–H and O–H groups in total. The predicted octanol–water partition coefficient (Wildman–Crippen LogP) is 3.89. The molecule has 0 aliphatic heterocycles. The zero-order chi connectivity index (χ0) is 20.4. The van der Waals surface area contributed by atoms with Crippen molar-refractivity contribution >= 4 is 27.5 Å². The summed E-state index contributed by atoms with van der Waals surface area (Å²) >= 11 is 1.33. The standard InChI is InChI=1S/C22H18FN3O2S/c1-14-2-6-16(7-3-14)18-12-29-21-20(18)25-13-26(22(21)28)11-19(27)24-10-15-4-8-17(23)9-5-15/h2-9,12-13H,10-11H2,1H3,(H,24,27). The van der Waals surface area contributed by atoms with Crippen LogP contribution in [0.1, 0.15) is 11.1 Å². The molecule has 5 nitrogen and oxygen atoms in total. The van der Waals surface area contributed by atoms with Gasteiger partial charge in [-0.1, -0.05) is 42.0 Å². The Morgan fingerprint density at radius 2 is 1.86 bits per heavy atom. The Bertz CT molecular complexity index is 1230. The molecule has 0 fully saturated rings. The number of thiophene rings is 1. The van der Waals surface area contributed by atoms with E-state index in [1.54, 1.807) is 12.1 Å². The van der Waals surface area contributed by atoms with Crippen LogP contribution in [0.2, 0.25) is 0 Å². The number of fused-ring (bicyclic) bond motifs is 1. The average Bonchev–Trinajstić information content (AvgIpc) is 3.15. The zero-order valence-electron chi connectivity index (χ0n) is 15.7. The second-order valence-electron chi connectivity index (χ2n) is 6.77. The maximum atomic E-state index is 12.9. The molecular weight excluding hydrogens is 389 g/mol. The van der Waals surface area contributed by atoms with Crippen molar-refractivity contribution in [2.75, 3.05) is 0 Å². The number of nitrogens with zero attached hydrogens (tertiary/aromatic N) is 2. The van der Waals surface area contributed by atoms with Gasteiger partial charge >= 0.3 is 0 Å². The second-order valence-corrected chi connectivity index (χ2v) is 7.65. The minimum absolute atomic E-state index is 0.124. The molecule has 7 heteroatoms. The van der Waals surface area contributed by atoms with Crippen molar-refractivity contribution in [3.63, 3.8) is 0 Å². The first-order chi connectivity index (χ1) is 14.0. The van der Waals surface area contributed by atoms with Crippen molar-refractivity contribution in [1.82, 2.24) is 14.9 Å². The molecule has 0 saturated heterocycles. The Hall–Kier alpha value is -3.32. The number of hydrogen-bond donors (Lipinski definition) is 1. The lowest BCUT2D eigenvalue weighted by molar-refractivity contribution is -0.121. The molecule has 1 amide bonds. The first-order valence-corrected chi connectivity index (χ1v) is 9.94. The smallest absolute Gasteiger partial charge is 0.271 e. The van der Waals surface area contributed by atoms with Crippen LogP contribution in [-0.2, 0) is 17.9 Å². The lowest BCUT2D eigenvalue weighted by atomic mass is 10.1. The van der Waals surface area contributed by atoms with Crippen molar-refractivity contribution in [1.29, 1.82) is 0 Å². The average molecular weight is 407 g/mol.